The van der Waals surface area contributed by atoms with Crippen LogP contribution in [-0.4, -0.2) is 36.2 Å². The van der Waals surface area contributed by atoms with Gasteiger partial charge >= 0.3 is 0 Å². The monoisotopic (exact) mass is 199 g/mol. The van der Waals surface area contributed by atoms with Gasteiger partial charge in [0.2, 0.25) is 0 Å². The molecule has 1 aliphatic heterocycles. The third-order valence-electron chi connectivity index (χ3n) is 3.21. The van der Waals surface area contributed by atoms with Crippen LogP contribution in [0.2, 0.25) is 0 Å². The molecular weight excluding hydrogens is 174 g/mol. The molecule has 2 atom stereocenters. The molecule has 0 amide bonds. The van der Waals surface area contributed by atoms with Gasteiger partial charge in [0.1, 0.15) is 0 Å². The van der Waals surface area contributed by atoms with Crippen molar-refractivity contribution < 1.29 is 5.11 Å². The summed E-state index contributed by atoms with van der Waals surface area (Å²) >= 11 is 0. The normalized spacial score (nSPS) is 26.4. The van der Waals surface area contributed by atoms with Crippen molar-refractivity contribution in [3.63, 3.8) is 0 Å². The van der Waals surface area contributed by atoms with Gasteiger partial charge in [-0.2, -0.15) is 0 Å². The van der Waals surface area contributed by atoms with Crippen LogP contribution in [-0.2, 0) is 0 Å². The fourth-order valence-electron chi connectivity index (χ4n) is 2.49. The van der Waals surface area contributed by atoms with Crippen molar-refractivity contribution in [3.05, 3.63) is 0 Å². The van der Waals surface area contributed by atoms with E-state index in [1.54, 1.807) is 0 Å². The van der Waals surface area contributed by atoms with Gasteiger partial charge in [-0.25, -0.2) is 0 Å². The standard InChI is InChI=1S/C12H25NO/c1-3-5-11(2)8-13-7-4-6-12(9-13)10-14/h11-12,14H,3-10H2,1-2H3. The lowest BCUT2D eigenvalue weighted by Crippen LogP contribution is -2.39. The summed E-state index contributed by atoms with van der Waals surface area (Å²) in [4.78, 5) is 2.53. The molecule has 0 saturated carbocycles. The minimum atomic E-state index is 0.374. The summed E-state index contributed by atoms with van der Waals surface area (Å²) in [6.45, 7) is 8.55. The van der Waals surface area contributed by atoms with E-state index in [0.717, 1.165) is 12.5 Å². The molecule has 2 unspecified atom stereocenters. The maximum absolute atomic E-state index is 9.12. The van der Waals surface area contributed by atoms with Crippen LogP contribution < -0.4 is 0 Å². The van der Waals surface area contributed by atoms with Gasteiger partial charge in [-0.1, -0.05) is 20.3 Å². The van der Waals surface area contributed by atoms with Crippen molar-refractivity contribution in [2.45, 2.75) is 39.5 Å². The van der Waals surface area contributed by atoms with Gasteiger partial charge in [0, 0.05) is 19.7 Å². The molecule has 14 heavy (non-hydrogen) atoms. The Kier molecular flexibility index (Phi) is 5.49. The summed E-state index contributed by atoms with van der Waals surface area (Å²) in [5.41, 5.74) is 0. The smallest absolute Gasteiger partial charge is 0.0471 e. The van der Waals surface area contributed by atoms with Gasteiger partial charge in [0.05, 0.1) is 0 Å². The highest BCUT2D eigenvalue weighted by Gasteiger charge is 2.19. The number of nitrogens with zero attached hydrogens (tertiary/aromatic N) is 1. The summed E-state index contributed by atoms with van der Waals surface area (Å²) in [7, 11) is 0. The van der Waals surface area contributed by atoms with E-state index in [9.17, 15) is 0 Å². The molecule has 1 N–H and O–H groups in total. The second kappa shape index (κ2) is 6.41. The van der Waals surface area contributed by atoms with Crippen molar-refractivity contribution in [2.24, 2.45) is 11.8 Å². The Bertz CT molecular complexity index is 149. The molecule has 1 fully saturated rings. The summed E-state index contributed by atoms with van der Waals surface area (Å²) in [5.74, 6) is 1.36. The Morgan fingerprint density at radius 1 is 1.50 bits per heavy atom. The SMILES string of the molecule is CCCC(C)CN1CCCC(CO)C1. The Hall–Kier alpha value is -0.0800. The van der Waals surface area contributed by atoms with E-state index >= 15 is 0 Å². The van der Waals surface area contributed by atoms with Crippen molar-refractivity contribution in [2.75, 3.05) is 26.2 Å². The van der Waals surface area contributed by atoms with E-state index in [1.165, 1.54) is 38.8 Å². The van der Waals surface area contributed by atoms with Crippen LogP contribution in [0.25, 0.3) is 0 Å². The highest BCUT2D eigenvalue weighted by molar-refractivity contribution is 4.73. The van der Waals surface area contributed by atoms with Gasteiger partial charge in [-0.15, -0.1) is 0 Å². The molecule has 1 rings (SSSR count). The molecule has 1 saturated heterocycles. The van der Waals surface area contributed by atoms with Gasteiger partial charge in [-0.05, 0) is 37.6 Å². The van der Waals surface area contributed by atoms with Crippen LogP contribution in [0.1, 0.15) is 39.5 Å². The predicted molar refractivity (Wildman–Crippen MR) is 60.3 cm³/mol. The largest absolute Gasteiger partial charge is 0.396 e. The molecule has 0 aromatic rings. The second-order valence-corrected chi connectivity index (χ2v) is 4.84. The number of hydrogen-bond acceptors (Lipinski definition) is 2. The molecule has 0 radical (unpaired) electrons. The Morgan fingerprint density at radius 2 is 2.29 bits per heavy atom. The molecule has 0 aliphatic carbocycles. The lowest BCUT2D eigenvalue weighted by molar-refractivity contribution is 0.108. The van der Waals surface area contributed by atoms with Gasteiger partial charge < -0.3 is 10.0 Å². The van der Waals surface area contributed by atoms with Crippen molar-refractivity contribution in [1.29, 1.82) is 0 Å². The van der Waals surface area contributed by atoms with E-state index in [-0.39, 0.29) is 0 Å². The summed E-state index contributed by atoms with van der Waals surface area (Å²) in [6.07, 6.45) is 5.11. The zero-order valence-corrected chi connectivity index (χ0v) is 9.71. The minimum Gasteiger partial charge on any atom is -0.396 e. The van der Waals surface area contributed by atoms with Gasteiger partial charge in [-0.3, -0.25) is 0 Å². The van der Waals surface area contributed by atoms with Crippen LogP contribution in [0, 0.1) is 11.8 Å². The highest BCUT2D eigenvalue weighted by atomic mass is 16.3. The molecule has 1 heterocycles. The molecule has 0 aromatic carbocycles. The fourth-order valence-corrected chi connectivity index (χ4v) is 2.49. The molecular formula is C12H25NO. The van der Waals surface area contributed by atoms with E-state index in [1.807, 2.05) is 0 Å². The van der Waals surface area contributed by atoms with Gasteiger partial charge in [0.25, 0.3) is 0 Å². The second-order valence-electron chi connectivity index (χ2n) is 4.84. The third-order valence-corrected chi connectivity index (χ3v) is 3.21. The lowest BCUT2D eigenvalue weighted by atomic mass is 9.97. The summed E-state index contributed by atoms with van der Waals surface area (Å²) in [6, 6.07) is 0. The average Bonchev–Trinajstić information content (AvgIpc) is 2.18. The van der Waals surface area contributed by atoms with Crippen LogP contribution in [0.15, 0.2) is 0 Å². The lowest BCUT2D eigenvalue weighted by Gasteiger charge is -2.33. The number of likely N-dealkylation sites (tertiary alicyclic amines) is 1. The van der Waals surface area contributed by atoms with Crippen LogP contribution >= 0.6 is 0 Å². The van der Waals surface area contributed by atoms with E-state index in [2.05, 4.69) is 18.7 Å². The third kappa shape index (κ3) is 3.97. The zero-order chi connectivity index (χ0) is 10.4. The Balaban J connectivity index is 2.22. The van der Waals surface area contributed by atoms with E-state index < -0.39 is 0 Å². The summed E-state index contributed by atoms with van der Waals surface area (Å²) in [5, 5.41) is 9.12. The zero-order valence-electron chi connectivity index (χ0n) is 9.71. The molecule has 0 aromatic heterocycles. The molecule has 2 nitrogen and oxygen atoms in total. The molecule has 0 bridgehead atoms. The number of rotatable bonds is 5. The topological polar surface area (TPSA) is 23.5 Å². The number of aliphatic hydroxyl groups excluding tert-OH is 1. The maximum Gasteiger partial charge on any atom is 0.0471 e. The molecule has 84 valence electrons. The van der Waals surface area contributed by atoms with Crippen LogP contribution in [0.4, 0.5) is 0 Å². The van der Waals surface area contributed by atoms with E-state index in [4.69, 9.17) is 5.11 Å². The first-order valence-corrected chi connectivity index (χ1v) is 6.09. The molecule has 0 spiro atoms. The van der Waals surface area contributed by atoms with Crippen LogP contribution in [0.3, 0.4) is 0 Å². The first-order chi connectivity index (χ1) is 6.76. The van der Waals surface area contributed by atoms with E-state index in [0.29, 0.717) is 12.5 Å². The number of hydrogen-bond donors (Lipinski definition) is 1. The summed E-state index contributed by atoms with van der Waals surface area (Å²) < 4.78 is 0. The van der Waals surface area contributed by atoms with Crippen molar-refractivity contribution in [1.82, 2.24) is 4.90 Å². The quantitative estimate of drug-likeness (QED) is 0.733. The Morgan fingerprint density at radius 3 is 2.93 bits per heavy atom. The molecule has 2 heteroatoms. The van der Waals surface area contributed by atoms with Crippen molar-refractivity contribution in [3.8, 4) is 0 Å². The minimum absolute atomic E-state index is 0.374. The first kappa shape index (κ1) is 12.0. The van der Waals surface area contributed by atoms with Crippen LogP contribution in [0.5, 0.6) is 0 Å². The fraction of sp³-hybridized carbons (Fsp3) is 1.00. The first-order valence-electron chi connectivity index (χ1n) is 6.09. The van der Waals surface area contributed by atoms with Crippen molar-refractivity contribution >= 4 is 0 Å². The molecule has 1 aliphatic rings. The Labute approximate surface area is 88.3 Å². The maximum atomic E-state index is 9.12. The average molecular weight is 199 g/mol. The van der Waals surface area contributed by atoms with Gasteiger partial charge in [0.15, 0.2) is 0 Å². The predicted octanol–water partition coefficient (Wildman–Crippen LogP) is 2.13. The number of aliphatic hydroxyl groups is 1. The number of piperidine rings is 1. The highest BCUT2D eigenvalue weighted by Crippen LogP contribution is 2.18.